The zero-order valence-corrected chi connectivity index (χ0v) is 9.00. The fourth-order valence-corrected chi connectivity index (χ4v) is 1.25. The number of anilines is 1. The number of nitrogens with one attached hydrogen (secondary N) is 1. The fraction of sp³-hybridized carbons (Fsp3) is 0.0909. The van der Waals surface area contributed by atoms with E-state index >= 15 is 0 Å². The van der Waals surface area contributed by atoms with Crippen molar-refractivity contribution in [3.05, 3.63) is 42.1 Å². The summed E-state index contributed by atoms with van der Waals surface area (Å²) < 4.78 is 5.49. The zero-order valence-electron chi connectivity index (χ0n) is 9.00. The van der Waals surface area contributed by atoms with Crippen LogP contribution < -0.4 is 16.0 Å². The molecule has 0 aliphatic rings. The Morgan fingerprint density at radius 1 is 1.24 bits per heavy atom. The van der Waals surface area contributed by atoms with Gasteiger partial charge in [0.15, 0.2) is 0 Å². The minimum Gasteiger partial charge on any atom is -0.439 e. The predicted molar refractivity (Wildman–Crippen MR) is 62.3 cm³/mol. The maximum absolute atomic E-state index is 8.90. The summed E-state index contributed by atoms with van der Waals surface area (Å²) in [6.07, 6.45) is 1.54. The molecule has 2 rings (SSSR count). The van der Waals surface area contributed by atoms with Gasteiger partial charge in [-0.2, -0.15) is 4.98 Å². The maximum Gasteiger partial charge on any atom is 0.240 e. The number of rotatable bonds is 4. The first-order chi connectivity index (χ1) is 8.31. The molecule has 88 valence electrons. The van der Waals surface area contributed by atoms with Crippen molar-refractivity contribution >= 4 is 5.95 Å². The summed E-state index contributed by atoms with van der Waals surface area (Å²) in [5.74, 6) is 6.50. The van der Waals surface area contributed by atoms with Crippen molar-refractivity contribution in [2.45, 2.75) is 6.61 Å². The lowest BCUT2D eigenvalue weighted by atomic mass is 10.2. The van der Waals surface area contributed by atoms with E-state index < -0.39 is 0 Å². The van der Waals surface area contributed by atoms with E-state index in [1.807, 2.05) is 0 Å². The molecular weight excluding hydrogens is 220 g/mol. The van der Waals surface area contributed by atoms with E-state index in [1.165, 1.54) is 0 Å². The minimum absolute atomic E-state index is 0.00896. The van der Waals surface area contributed by atoms with Crippen LogP contribution >= 0.6 is 0 Å². The van der Waals surface area contributed by atoms with Crippen molar-refractivity contribution in [2.24, 2.45) is 5.84 Å². The van der Waals surface area contributed by atoms with E-state index in [0.717, 1.165) is 5.56 Å². The molecule has 4 N–H and O–H groups in total. The molecule has 0 saturated heterocycles. The highest BCUT2D eigenvalue weighted by atomic mass is 16.5. The third-order valence-electron chi connectivity index (χ3n) is 2.09. The number of hydrazine groups is 1. The molecule has 0 unspecified atom stereocenters. The molecular formula is C11H12N4O2. The highest BCUT2D eigenvalue weighted by Crippen LogP contribution is 2.20. The fourth-order valence-electron chi connectivity index (χ4n) is 1.25. The molecule has 1 aromatic carbocycles. The first-order valence-corrected chi connectivity index (χ1v) is 4.99. The van der Waals surface area contributed by atoms with Crippen LogP contribution in [0.5, 0.6) is 11.6 Å². The smallest absolute Gasteiger partial charge is 0.240 e. The van der Waals surface area contributed by atoms with E-state index in [0.29, 0.717) is 11.6 Å². The third kappa shape index (κ3) is 2.90. The summed E-state index contributed by atoms with van der Waals surface area (Å²) in [6.45, 7) is 0.00896. The van der Waals surface area contributed by atoms with Crippen molar-refractivity contribution < 1.29 is 9.84 Å². The molecule has 6 heteroatoms. The monoisotopic (exact) mass is 232 g/mol. The number of nitrogens with zero attached hydrogens (tertiary/aromatic N) is 2. The van der Waals surface area contributed by atoms with Crippen LogP contribution in [0.3, 0.4) is 0 Å². The van der Waals surface area contributed by atoms with Crippen molar-refractivity contribution in [2.75, 3.05) is 5.43 Å². The van der Waals surface area contributed by atoms with Gasteiger partial charge < -0.3 is 9.84 Å². The van der Waals surface area contributed by atoms with Crippen molar-refractivity contribution in [1.82, 2.24) is 9.97 Å². The Morgan fingerprint density at radius 3 is 2.65 bits per heavy atom. The normalized spacial score (nSPS) is 10.0. The van der Waals surface area contributed by atoms with Crippen LogP contribution in [0.25, 0.3) is 0 Å². The highest BCUT2D eigenvalue weighted by Gasteiger charge is 2.00. The Kier molecular flexibility index (Phi) is 3.49. The average Bonchev–Trinajstić information content (AvgIpc) is 2.40. The Hall–Kier alpha value is -2.18. The van der Waals surface area contributed by atoms with Gasteiger partial charge in [0.25, 0.3) is 0 Å². The Balaban J connectivity index is 2.13. The first-order valence-electron chi connectivity index (χ1n) is 4.99. The molecule has 2 aromatic rings. The quantitative estimate of drug-likeness (QED) is 0.539. The van der Waals surface area contributed by atoms with Crippen molar-refractivity contribution in [3.8, 4) is 11.6 Å². The molecule has 17 heavy (non-hydrogen) atoms. The van der Waals surface area contributed by atoms with Gasteiger partial charge in [-0.3, -0.25) is 5.43 Å². The molecule has 1 heterocycles. The van der Waals surface area contributed by atoms with Gasteiger partial charge in [-0.1, -0.05) is 12.1 Å². The molecule has 0 aliphatic carbocycles. The lowest BCUT2D eigenvalue weighted by Gasteiger charge is -2.06. The van der Waals surface area contributed by atoms with E-state index in [9.17, 15) is 0 Å². The topological polar surface area (TPSA) is 93.3 Å². The Bertz CT molecular complexity index is 487. The van der Waals surface area contributed by atoms with Crippen molar-refractivity contribution in [3.63, 3.8) is 0 Å². The van der Waals surface area contributed by atoms with Crippen LogP contribution in [-0.2, 0) is 6.61 Å². The molecule has 0 saturated carbocycles. The van der Waals surface area contributed by atoms with Crippen LogP contribution in [0.4, 0.5) is 5.95 Å². The molecule has 0 aliphatic heterocycles. The number of nitrogens with two attached hydrogens (primary N) is 1. The van der Waals surface area contributed by atoms with Crippen LogP contribution in [0.1, 0.15) is 5.56 Å². The number of aromatic nitrogens is 2. The molecule has 0 atom stereocenters. The van der Waals surface area contributed by atoms with E-state index in [-0.39, 0.29) is 12.6 Å². The lowest BCUT2D eigenvalue weighted by Crippen LogP contribution is -2.10. The first kappa shape index (κ1) is 11.3. The van der Waals surface area contributed by atoms with Gasteiger partial charge in [-0.15, -0.1) is 0 Å². The second kappa shape index (κ2) is 5.24. The largest absolute Gasteiger partial charge is 0.439 e. The standard InChI is InChI=1S/C11H12N4O2/c12-15-11-13-6-5-10(14-11)17-9-3-1-8(7-16)2-4-9/h1-6,16H,7,12H2,(H,13,14,15). The van der Waals surface area contributed by atoms with Crippen molar-refractivity contribution in [1.29, 1.82) is 0 Å². The highest BCUT2D eigenvalue weighted by molar-refractivity contribution is 5.32. The Labute approximate surface area is 98.1 Å². The molecule has 0 spiro atoms. The van der Waals surface area contributed by atoms with Gasteiger partial charge in [0, 0.05) is 12.3 Å². The molecule has 0 bridgehead atoms. The summed E-state index contributed by atoms with van der Waals surface area (Å²) in [5.41, 5.74) is 3.16. The second-order valence-electron chi connectivity index (χ2n) is 3.27. The second-order valence-corrected chi connectivity index (χ2v) is 3.27. The molecule has 0 fully saturated rings. The Morgan fingerprint density at radius 2 is 2.00 bits per heavy atom. The van der Waals surface area contributed by atoms with E-state index in [2.05, 4.69) is 15.4 Å². The van der Waals surface area contributed by atoms with Gasteiger partial charge in [0.1, 0.15) is 5.75 Å². The number of ether oxygens (including phenoxy) is 1. The number of aliphatic hydroxyl groups is 1. The van der Waals surface area contributed by atoms with E-state index in [4.69, 9.17) is 15.7 Å². The number of nitrogen functional groups attached to an aromatic ring is 1. The number of benzene rings is 1. The van der Waals surface area contributed by atoms with Crippen LogP contribution in [0.2, 0.25) is 0 Å². The third-order valence-corrected chi connectivity index (χ3v) is 2.09. The van der Waals surface area contributed by atoms with E-state index in [1.54, 1.807) is 36.5 Å². The van der Waals surface area contributed by atoms with Crippen LogP contribution in [0, 0.1) is 0 Å². The van der Waals surface area contributed by atoms with Gasteiger partial charge in [0.2, 0.25) is 11.8 Å². The number of hydrogen-bond acceptors (Lipinski definition) is 6. The predicted octanol–water partition coefficient (Wildman–Crippen LogP) is 1.05. The lowest BCUT2D eigenvalue weighted by molar-refractivity contribution is 0.281. The van der Waals surface area contributed by atoms with Gasteiger partial charge in [0.05, 0.1) is 6.61 Å². The van der Waals surface area contributed by atoms with Crippen LogP contribution in [-0.4, -0.2) is 15.1 Å². The number of aliphatic hydroxyl groups excluding tert-OH is 1. The molecule has 1 aromatic heterocycles. The maximum atomic E-state index is 8.90. The molecule has 0 radical (unpaired) electrons. The average molecular weight is 232 g/mol. The summed E-state index contributed by atoms with van der Waals surface area (Å²) in [7, 11) is 0. The van der Waals surface area contributed by atoms with Gasteiger partial charge >= 0.3 is 0 Å². The zero-order chi connectivity index (χ0) is 12.1. The number of hydrogen-bond donors (Lipinski definition) is 3. The summed E-state index contributed by atoms with van der Waals surface area (Å²) >= 11 is 0. The van der Waals surface area contributed by atoms with Crippen LogP contribution in [0.15, 0.2) is 36.5 Å². The van der Waals surface area contributed by atoms with Gasteiger partial charge in [-0.05, 0) is 17.7 Å². The SMILES string of the molecule is NNc1nccc(Oc2ccc(CO)cc2)n1. The molecule has 6 nitrogen and oxygen atoms in total. The molecule has 0 amide bonds. The summed E-state index contributed by atoms with van der Waals surface area (Å²) in [4.78, 5) is 7.88. The summed E-state index contributed by atoms with van der Waals surface area (Å²) in [6, 6.07) is 8.68. The summed E-state index contributed by atoms with van der Waals surface area (Å²) in [5, 5.41) is 8.90. The minimum atomic E-state index is 0.00896. The van der Waals surface area contributed by atoms with Gasteiger partial charge in [-0.25, -0.2) is 10.8 Å².